The number of aryl methyl sites for hydroxylation is 1. The molecule has 1 N–H and O–H groups in total. The minimum Gasteiger partial charge on any atom is -0.508 e. The second-order valence-electron chi connectivity index (χ2n) is 9.36. The van der Waals surface area contributed by atoms with Crippen molar-refractivity contribution in [2.24, 2.45) is 5.92 Å². The molecule has 0 spiro atoms. The zero-order valence-corrected chi connectivity index (χ0v) is 19.3. The fourth-order valence-corrected chi connectivity index (χ4v) is 5.42. The van der Waals surface area contributed by atoms with E-state index in [1.54, 1.807) is 25.1 Å². The van der Waals surface area contributed by atoms with Gasteiger partial charge in [0.25, 0.3) is 5.56 Å². The molecule has 1 saturated heterocycles. The molecule has 3 aromatic rings. The number of hydrogen-bond acceptors (Lipinski definition) is 5. The van der Waals surface area contributed by atoms with Gasteiger partial charge in [-0.05, 0) is 79.5 Å². The number of esters is 1. The molecule has 2 aliphatic rings. The minimum absolute atomic E-state index is 0.0113. The van der Waals surface area contributed by atoms with Crippen LogP contribution >= 0.6 is 0 Å². The van der Waals surface area contributed by atoms with Gasteiger partial charge in [-0.3, -0.25) is 9.59 Å². The molecule has 0 unspecified atom stereocenters. The summed E-state index contributed by atoms with van der Waals surface area (Å²) in [6.45, 7) is 2.93. The summed E-state index contributed by atoms with van der Waals surface area (Å²) in [5.74, 6) is -0.688. The molecular weight excluding hydrogens is 437 g/mol. The Bertz CT molecular complexity index is 1320. The van der Waals surface area contributed by atoms with Crippen molar-refractivity contribution in [2.45, 2.75) is 44.6 Å². The molecule has 178 valence electrons. The predicted octanol–water partition coefficient (Wildman–Crippen LogP) is 4.84. The molecule has 0 atom stereocenters. The molecule has 0 amide bonds. The first-order valence-corrected chi connectivity index (χ1v) is 11.7. The highest BCUT2D eigenvalue weighted by Crippen LogP contribution is 2.45. The Kier molecular flexibility index (Phi) is 5.90. The lowest BCUT2D eigenvalue weighted by Crippen LogP contribution is -2.40. The van der Waals surface area contributed by atoms with E-state index in [2.05, 4.69) is 0 Å². The summed E-state index contributed by atoms with van der Waals surface area (Å²) in [6.07, 6.45) is 2.58. The van der Waals surface area contributed by atoms with Gasteiger partial charge in [0.2, 0.25) is 0 Å². The molecule has 0 bridgehead atoms. The molecule has 7 heteroatoms. The lowest BCUT2D eigenvalue weighted by atomic mass is 9.78. The smallest absolute Gasteiger partial charge is 0.308 e. The van der Waals surface area contributed by atoms with E-state index < -0.39 is 0 Å². The normalized spacial score (nSPS) is 20.8. The van der Waals surface area contributed by atoms with E-state index in [1.807, 2.05) is 10.6 Å². The number of phenols is 1. The number of nitrogens with zero attached hydrogens (tertiary/aromatic N) is 1. The summed E-state index contributed by atoms with van der Waals surface area (Å²) in [6, 6.07) is 9.71. The number of aromatic nitrogens is 1. The van der Waals surface area contributed by atoms with Crippen LogP contribution in [0.15, 0.2) is 41.2 Å². The van der Waals surface area contributed by atoms with E-state index in [9.17, 15) is 19.1 Å². The van der Waals surface area contributed by atoms with Crippen molar-refractivity contribution in [3.63, 3.8) is 0 Å². The third-order valence-corrected chi connectivity index (χ3v) is 7.30. The summed E-state index contributed by atoms with van der Waals surface area (Å²) >= 11 is 0. The van der Waals surface area contributed by atoms with Gasteiger partial charge in [-0.1, -0.05) is 6.07 Å². The Hall–Kier alpha value is -3.19. The van der Waals surface area contributed by atoms with Gasteiger partial charge >= 0.3 is 5.97 Å². The lowest BCUT2D eigenvalue weighted by Gasteiger charge is -2.39. The van der Waals surface area contributed by atoms with Crippen LogP contribution in [0.4, 0.5) is 4.39 Å². The van der Waals surface area contributed by atoms with Crippen LogP contribution in [-0.2, 0) is 14.3 Å². The molecule has 2 aromatic carbocycles. The van der Waals surface area contributed by atoms with Crippen LogP contribution in [0.2, 0.25) is 0 Å². The van der Waals surface area contributed by atoms with Gasteiger partial charge in [0.05, 0.1) is 18.4 Å². The van der Waals surface area contributed by atoms with Crippen molar-refractivity contribution in [1.82, 2.24) is 4.57 Å². The third-order valence-electron chi connectivity index (χ3n) is 7.30. The van der Waals surface area contributed by atoms with Gasteiger partial charge in [0, 0.05) is 36.4 Å². The Morgan fingerprint density at radius 3 is 2.53 bits per heavy atom. The minimum atomic E-state index is -0.286. The van der Waals surface area contributed by atoms with Crippen LogP contribution in [0.3, 0.4) is 0 Å². The second kappa shape index (κ2) is 8.87. The van der Waals surface area contributed by atoms with Gasteiger partial charge < -0.3 is 19.1 Å². The summed E-state index contributed by atoms with van der Waals surface area (Å²) in [5, 5.41) is 11.3. The second-order valence-corrected chi connectivity index (χ2v) is 9.36. The van der Waals surface area contributed by atoms with E-state index in [-0.39, 0.29) is 41.0 Å². The van der Waals surface area contributed by atoms with E-state index in [4.69, 9.17) is 9.47 Å². The van der Waals surface area contributed by atoms with Crippen LogP contribution in [0.1, 0.15) is 48.9 Å². The van der Waals surface area contributed by atoms with Crippen molar-refractivity contribution < 1.29 is 23.8 Å². The molecule has 34 heavy (non-hydrogen) atoms. The van der Waals surface area contributed by atoms with Gasteiger partial charge in [-0.15, -0.1) is 0 Å². The monoisotopic (exact) mass is 465 g/mol. The summed E-state index contributed by atoms with van der Waals surface area (Å²) in [7, 11) is 1.38. The maximum Gasteiger partial charge on any atom is 0.308 e. The number of hydrogen-bond donors (Lipinski definition) is 1. The number of benzene rings is 2. The number of halogens is 1. The quantitative estimate of drug-likeness (QED) is 0.558. The maximum atomic E-state index is 14.2. The Morgan fingerprint density at radius 1 is 1.12 bits per heavy atom. The highest BCUT2D eigenvalue weighted by molar-refractivity contribution is 5.98. The summed E-state index contributed by atoms with van der Waals surface area (Å²) in [5.41, 5.74) is 2.96. The van der Waals surface area contributed by atoms with Crippen molar-refractivity contribution in [1.29, 1.82) is 0 Å². The first kappa shape index (κ1) is 22.6. The highest BCUT2D eigenvalue weighted by Gasteiger charge is 2.40. The number of methoxy groups -OCH3 is 1. The average Bonchev–Trinajstić information content (AvgIpc) is 2.81. The number of pyridine rings is 1. The largest absolute Gasteiger partial charge is 0.508 e. The lowest BCUT2D eigenvalue weighted by molar-refractivity contribution is -0.149. The van der Waals surface area contributed by atoms with Crippen molar-refractivity contribution in [2.75, 3.05) is 20.3 Å². The number of aromatic hydroxyl groups is 1. The molecule has 1 aromatic heterocycles. The number of carbonyl (C=O) groups excluding carboxylic acids is 1. The van der Waals surface area contributed by atoms with Gasteiger partial charge in [0.15, 0.2) is 0 Å². The molecule has 5 rings (SSSR count). The molecule has 1 aliphatic carbocycles. The molecule has 2 fully saturated rings. The topological polar surface area (TPSA) is 77.8 Å². The molecule has 1 aliphatic heterocycles. The number of phenolic OH excluding ortho intramolecular Hbond substituents is 1. The van der Waals surface area contributed by atoms with Crippen molar-refractivity contribution >= 4 is 16.7 Å². The molecule has 1 saturated carbocycles. The first-order chi connectivity index (χ1) is 16.4. The number of rotatable bonds is 4. The van der Waals surface area contributed by atoms with Crippen LogP contribution in [0.25, 0.3) is 21.9 Å². The third kappa shape index (κ3) is 3.78. The highest BCUT2D eigenvalue weighted by atomic mass is 19.1. The Balaban J connectivity index is 1.80. The van der Waals surface area contributed by atoms with Gasteiger partial charge in [-0.25, -0.2) is 4.39 Å². The van der Waals surface area contributed by atoms with Crippen LogP contribution in [-0.4, -0.2) is 36.0 Å². The van der Waals surface area contributed by atoms with Crippen LogP contribution in [0.5, 0.6) is 5.75 Å². The van der Waals surface area contributed by atoms with Crippen LogP contribution < -0.4 is 5.56 Å². The SMILES string of the molecule is COC(=O)[C@H]1C[C@H](n2c(C3CCOCC3)c(-c3ccc(F)c(C)c3)c3ccc(O)cc3c2=O)C1. The van der Waals surface area contributed by atoms with Crippen molar-refractivity contribution in [3.8, 4) is 16.9 Å². The first-order valence-electron chi connectivity index (χ1n) is 11.7. The number of fused-ring (bicyclic) bond motifs is 1. The van der Waals surface area contributed by atoms with E-state index in [0.717, 1.165) is 35.0 Å². The maximum absolute atomic E-state index is 14.2. The zero-order valence-electron chi connectivity index (χ0n) is 19.3. The Labute approximate surface area is 196 Å². The molecule has 2 heterocycles. The van der Waals surface area contributed by atoms with E-state index >= 15 is 0 Å². The molecule has 6 nitrogen and oxygen atoms in total. The van der Waals surface area contributed by atoms with E-state index in [0.29, 0.717) is 37.0 Å². The fraction of sp³-hybridized carbons (Fsp3) is 0.407. The number of carbonyl (C=O) groups is 1. The average molecular weight is 466 g/mol. The van der Waals surface area contributed by atoms with Crippen LogP contribution in [0, 0.1) is 18.7 Å². The van der Waals surface area contributed by atoms with Crippen molar-refractivity contribution in [3.05, 3.63) is 63.8 Å². The number of ether oxygens (including phenoxy) is 2. The Morgan fingerprint density at radius 2 is 1.85 bits per heavy atom. The summed E-state index contributed by atoms with van der Waals surface area (Å²) in [4.78, 5) is 25.9. The summed E-state index contributed by atoms with van der Waals surface area (Å²) < 4.78 is 26.5. The fourth-order valence-electron chi connectivity index (χ4n) is 5.42. The standard InChI is InChI=1S/C27H28FNO5/c1-15-11-17(3-6-23(15)28)24-21-5-4-20(30)14-22(21)26(31)29(19-12-18(13-19)27(32)33-2)25(24)16-7-9-34-10-8-16/h3-6,11,14,16,18-19,30H,7-10,12-13H2,1-2H3/t18-,19-. The predicted molar refractivity (Wildman–Crippen MR) is 127 cm³/mol. The van der Waals surface area contributed by atoms with Gasteiger partial charge in [0.1, 0.15) is 11.6 Å². The van der Waals surface area contributed by atoms with E-state index in [1.165, 1.54) is 19.2 Å². The molecular formula is C27H28FNO5. The molecule has 0 radical (unpaired) electrons. The zero-order chi connectivity index (χ0) is 24.0. The van der Waals surface area contributed by atoms with Gasteiger partial charge in [-0.2, -0.15) is 0 Å².